The van der Waals surface area contributed by atoms with Gasteiger partial charge in [0.25, 0.3) is 5.91 Å². The van der Waals surface area contributed by atoms with Gasteiger partial charge in [0, 0.05) is 13.2 Å². The summed E-state index contributed by atoms with van der Waals surface area (Å²) >= 11 is 1.55. The number of hydrogen-bond donors (Lipinski definition) is 0. The third kappa shape index (κ3) is 4.93. The summed E-state index contributed by atoms with van der Waals surface area (Å²) in [6, 6.07) is 16.4. The zero-order valence-corrected chi connectivity index (χ0v) is 17.0. The van der Waals surface area contributed by atoms with Crippen LogP contribution in [0.5, 0.6) is 0 Å². The van der Waals surface area contributed by atoms with Gasteiger partial charge in [0.2, 0.25) is 0 Å². The minimum Gasteiger partial charge on any atom is -0.380 e. The van der Waals surface area contributed by atoms with Crippen molar-refractivity contribution in [3.63, 3.8) is 0 Å². The van der Waals surface area contributed by atoms with Gasteiger partial charge in [-0.1, -0.05) is 61.6 Å². The van der Waals surface area contributed by atoms with Crippen LogP contribution in [0.3, 0.4) is 0 Å². The summed E-state index contributed by atoms with van der Waals surface area (Å²) < 4.78 is 8.70. The van der Waals surface area contributed by atoms with Crippen LogP contribution in [0.15, 0.2) is 53.5 Å². The van der Waals surface area contributed by atoms with E-state index in [0.29, 0.717) is 32.1 Å². The first-order valence-electron chi connectivity index (χ1n) is 9.41. The summed E-state index contributed by atoms with van der Waals surface area (Å²) in [5.41, 5.74) is 3.37. The number of aromatic nitrogens is 1. The van der Waals surface area contributed by atoms with Gasteiger partial charge >= 0.3 is 0 Å². The Morgan fingerprint density at radius 1 is 1.15 bits per heavy atom. The van der Waals surface area contributed by atoms with E-state index in [1.54, 1.807) is 11.3 Å². The van der Waals surface area contributed by atoms with Gasteiger partial charge in [-0.05, 0) is 36.1 Å². The van der Waals surface area contributed by atoms with E-state index < -0.39 is 0 Å². The molecule has 0 saturated carbocycles. The summed E-state index contributed by atoms with van der Waals surface area (Å²) in [7, 11) is 0. The highest BCUT2D eigenvalue weighted by Gasteiger charge is 2.09. The number of benzene rings is 2. The molecule has 0 unspecified atom stereocenters. The van der Waals surface area contributed by atoms with Gasteiger partial charge in [-0.3, -0.25) is 4.79 Å². The Morgan fingerprint density at radius 3 is 2.59 bits per heavy atom. The highest BCUT2D eigenvalue weighted by Crippen LogP contribution is 2.17. The minimum atomic E-state index is -0.121. The molecule has 5 heteroatoms. The number of fused-ring (bicyclic) bond motifs is 1. The lowest BCUT2D eigenvalue weighted by Gasteiger charge is -2.06. The summed E-state index contributed by atoms with van der Waals surface area (Å²) in [5, 5.41) is 0. The molecular weight excluding hydrogens is 356 g/mol. The van der Waals surface area contributed by atoms with Crippen LogP contribution in [0.1, 0.15) is 37.8 Å². The number of hydrogen-bond acceptors (Lipinski definition) is 3. The number of carbonyl (C=O) groups excluding carboxylic acids is 1. The average Bonchev–Trinajstić information content (AvgIpc) is 2.99. The number of carbonyl (C=O) groups is 1. The van der Waals surface area contributed by atoms with Crippen LogP contribution in [0.4, 0.5) is 0 Å². The first-order valence-corrected chi connectivity index (χ1v) is 10.2. The Balaban J connectivity index is 1.85. The predicted octanol–water partition coefficient (Wildman–Crippen LogP) is 4.53. The van der Waals surface area contributed by atoms with Crippen LogP contribution >= 0.6 is 11.3 Å². The number of ether oxygens (including phenoxy) is 1. The van der Waals surface area contributed by atoms with Crippen molar-refractivity contribution >= 4 is 27.5 Å². The first-order chi connectivity index (χ1) is 13.1. The minimum absolute atomic E-state index is 0.121. The second-order valence-corrected chi connectivity index (χ2v) is 7.79. The van der Waals surface area contributed by atoms with Crippen molar-refractivity contribution in [1.82, 2.24) is 4.57 Å². The molecular formula is C22H26N2O2S. The molecule has 1 aromatic heterocycles. The number of amides is 1. The number of rotatable bonds is 7. The fourth-order valence-corrected chi connectivity index (χ4v) is 4.04. The summed E-state index contributed by atoms with van der Waals surface area (Å²) in [5.74, 6) is 0.367. The van der Waals surface area contributed by atoms with Gasteiger partial charge in [-0.2, -0.15) is 4.99 Å². The van der Waals surface area contributed by atoms with E-state index in [1.807, 2.05) is 31.2 Å². The van der Waals surface area contributed by atoms with Crippen LogP contribution in [0, 0.1) is 0 Å². The standard InChI is InChI=1S/C22H26N2O2S/c1-4-26-14-13-24-19-7-5-6-8-20(19)27-22(24)23-21(25)15-17-9-11-18(12-10-17)16(2)3/h5-12,16H,4,13-15H2,1-3H3. The summed E-state index contributed by atoms with van der Waals surface area (Å²) in [4.78, 5) is 17.7. The molecule has 0 aliphatic carbocycles. The van der Waals surface area contributed by atoms with E-state index in [1.165, 1.54) is 5.56 Å². The second-order valence-electron chi connectivity index (χ2n) is 6.78. The Bertz CT molecular complexity index is 968. The molecule has 0 radical (unpaired) electrons. The van der Waals surface area contributed by atoms with Crippen LogP contribution in [0.25, 0.3) is 10.2 Å². The smallest absolute Gasteiger partial charge is 0.252 e. The van der Waals surface area contributed by atoms with Crippen molar-refractivity contribution in [2.45, 2.75) is 39.7 Å². The molecule has 0 spiro atoms. The molecule has 27 heavy (non-hydrogen) atoms. The lowest BCUT2D eigenvalue weighted by Crippen LogP contribution is -2.20. The van der Waals surface area contributed by atoms with E-state index >= 15 is 0 Å². The van der Waals surface area contributed by atoms with Crippen LogP contribution in [-0.4, -0.2) is 23.7 Å². The third-order valence-corrected chi connectivity index (χ3v) is 5.53. The van der Waals surface area contributed by atoms with E-state index in [2.05, 4.69) is 47.7 Å². The quantitative estimate of drug-likeness (QED) is 0.563. The molecule has 0 aliphatic rings. The van der Waals surface area contributed by atoms with Crippen LogP contribution in [0.2, 0.25) is 0 Å². The first kappa shape index (κ1) is 19.5. The molecule has 2 aromatic carbocycles. The van der Waals surface area contributed by atoms with Crippen molar-refractivity contribution < 1.29 is 9.53 Å². The molecule has 3 rings (SSSR count). The summed E-state index contributed by atoms with van der Waals surface area (Å²) in [6.07, 6.45) is 0.318. The maximum atomic E-state index is 12.6. The molecule has 4 nitrogen and oxygen atoms in total. The highest BCUT2D eigenvalue weighted by molar-refractivity contribution is 7.16. The molecule has 0 aliphatic heterocycles. The SMILES string of the molecule is CCOCCn1c(=NC(=O)Cc2ccc(C(C)C)cc2)sc2ccccc21. The van der Waals surface area contributed by atoms with Gasteiger partial charge in [0.1, 0.15) is 0 Å². The molecule has 1 heterocycles. The third-order valence-electron chi connectivity index (χ3n) is 4.47. The molecule has 1 amide bonds. The maximum absolute atomic E-state index is 12.6. The Labute approximate surface area is 164 Å². The van der Waals surface area contributed by atoms with Crippen molar-refractivity contribution in [3.05, 3.63) is 64.5 Å². The van der Waals surface area contributed by atoms with E-state index in [4.69, 9.17) is 4.74 Å². The average molecular weight is 383 g/mol. The van der Waals surface area contributed by atoms with E-state index in [9.17, 15) is 4.79 Å². The zero-order chi connectivity index (χ0) is 19.2. The lowest BCUT2D eigenvalue weighted by molar-refractivity contribution is -0.117. The lowest BCUT2D eigenvalue weighted by atomic mass is 10.0. The Kier molecular flexibility index (Phi) is 6.58. The van der Waals surface area contributed by atoms with Crippen molar-refractivity contribution in [1.29, 1.82) is 0 Å². The molecule has 3 aromatic rings. The number of thiazole rings is 1. The van der Waals surface area contributed by atoms with E-state index in [-0.39, 0.29) is 5.91 Å². The topological polar surface area (TPSA) is 43.6 Å². The Hall–Kier alpha value is -2.24. The van der Waals surface area contributed by atoms with Crippen molar-refractivity contribution in [2.75, 3.05) is 13.2 Å². The van der Waals surface area contributed by atoms with E-state index in [0.717, 1.165) is 20.6 Å². The van der Waals surface area contributed by atoms with Crippen LogP contribution < -0.4 is 4.80 Å². The second kappa shape index (κ2) is 9.11. The summed E-state index contributed by atoms with van der Waals surface area (Å²) in [6.45, 7) is 8.29. The fraction of sp³-hybridized carbons (Fsp3) is 0.364. The van der Waals surface area contributed by atoms with Crippen LogP contribution in [-0.2, 0) is 22.5 Å². The van der Waals surface area contributed by atoms with Gasteiger partial charge in [-0.15, -0.1) is 0 Å². The van der Waals surface area contributed by atoms with Gasteiger partial charge < -0.3 is 9.30 Å². The molecule has 0 atom stereocenters. The predicted molar refractivity (Wildman–Crippen MR) is 111 cm³/mol. The normalized spacial score (nSPS) is 12.2. The van der Waals surface area contributed by atoms with Crippen molar-refractivity contribution in [3.8, 4) is 0 Å². The number of para-hydroxylation sites is 1. The van der Waals surface area contributed by atoms with Gasteiger partial charge in [0.05, 0.1) is 23.2 Å². The fourth-order valence-electron chi connectivity index (χ4n) is 2.96. The molecule has 142 valence electrons. The van der Waals surface area contributed by atoms with Gasteiger partial charge in [-0.25, -0.2) is 0 Å². The van der Waals surface area contributed by atoms with Crippen molar-refractivity contribution in [2.24, 2.45) is 4.99 Å². The Morgan fingerprint density at radius 2 is 1.89 bits per heavy atom. The molecule has 0 N–H and O–H groups in total. The number of nitrogens with zero attached hydrogens (tertiary/aromatic N) is 2. The monoisotopic (exact) mass is 382 g/mol. The highest BCUT2D eigenvalue weighted by atomic mass is 32.1. The molecule has 0 bridgehead atoms. The molecule has 0 fully saturated rings. The maximum Gasteiger partial charge on any atom is 0.252 e. The van der Waals surface area contributed by atoms with Gasteiger partial charge in [0.15, 0.2) is 4.80 Å². The largest absolute Gasteiger partial charge is 0.380 e. The zero-order valence-electron chi connectivity index (χ0n) is 16.1. The molecule has 0 saturated heterocycles.